The predicted octanol–water partition coefficient (Wildman–Crippen LogP) is 4.95. The van der Waals surface area contributed by atoms with Crippen LogP contribution in [0.1, 0.15) is 22.6 Å². The summed E-state index contributed by atoms with van der Waals surface area (Å²) in [6, 6.07) is 23.6. The third-order valence-electron chi connectivity index (χ3n) is 5.13. The third kappa shape index (κ3) is 3.53. The van der Waals surface area contributed by atoms with E-state index in [1.165, 1.54) is 11.1 Å². The van der Waals surface area contributed by atoms with Crippen LogP contribution in [0.4, 0.5) is 5.88 Å². The van der Waals surface area contributed by atoms with Gasteiger partial charge < -0.3 is 18.5 Å². The monoisotopic (exact) mass is 397 g/mol. The van der Waals surface area contributed by atoms with E-state index in [4.69, 9.17) is 13.6 Å². The highest BCUT2D eigenvalue weighted by atomic mass is 16.5. The first-order valence-corrected chi connectivity index (χ1v) is 9.80. The van der Waals surface area contributed by atoms with Gasteiger partial charge in [-0.1, -0.05) is 42.5 Å². The molecule has 1 aliphatic rings. The van der Waals surface area contributed by atoms with Gasteiger partial charge in [0.05, 0.1) is 0 Å². The summed E-state index contributed by atoms with van der Waals surface area (Å²) in [6.07, 6.45) is 0.902. The number of ether oxygens (including phenoxy) is 1. The van der Waals surface area contributed by atoms with E-state index in [0.29, 0.717) is 36.4 Å². The normalized spacial score (nSPS) is 13.0. The maximum absolute atomic E-state index is 9.57. The van der Waals surface area contributed by atoms with Crippen LogP contribution in [0.15, 0.2) is 75.6 Å². The average molecular weight is 397 g/mol. The SMILES string of the molecule is N#Cc1nc(-c2ccc(COc3ccccc3)o2)oc1N1CCc2ccccc2C1. The number of furan rings is 1. The molecule has 6 heteroatoms. The highest BCUT2D eigenvalue weighted by molar-refractivity contribution is 5.57. The quantitative estimate of drug-likeness (QED) is 0.474. The Morgan fingerprint density at radius 1 is 0.967 bits per heavy atom. The molecule has 0 saturated carbocycles. The van der Waals surface area contributed by atoms with Crippen molar-refractivity contribution in [1.82, 2.24) is 4.98 Å². The molecule has 0 bridgehead atoms. The van der Waals surface area contributed by atoms with Crippen LogP contribution in [0.2, 0.25) is 0 Å². The van der Waals surface area contributed by atoms with Crippen molar-refractivity contribution < 1.29 is 13.6 Å². The van der Waals surface area contributed by atoms with Gasteiger partial charge in [-0.2, -0.15) is 10.2 Å². The fourth-order valence-corrected chi connectivity index (χ4v) is 3.62. The Bertz CT molecular complexity index is 1200. The lowest BCUT2D eigenvalue weighted by Gasteiger charge is -2.28. The molecule has 0 fully saturated rings. The van der Waals surface area contributed by atoms with Gasteiger partial charge >= 0.3 is 0 Å². The molecule has 0 atom stereocenters. The van der Waals surface area contributed by atoms with E-state index in [-0.39, 0.29) is 5.69 Å². The molecule has 0 amide bonds. The number of oxazole rings is 1. The van der Waals surface area contributed by atoms with Crippen molar-refractivity contribution in [2.24, 2.45) is 0 Å². The molecule has 5 rings (SSSR count). The van der Waals surface area contributed by atoms with Crippen molar-refractivity contribution in [3.8, 4) is 23.5 Å². The molecule has 0 unspecified atom stereocenters. The van der Waals surface area contributed by atoms with E-state index in [1.54, 1.807) is 6.07 Å². The maximum atomic E-state index is 9.57. The summed E-state index contributed by atoms with van der Waals surface area (Å²) >= 11 is 0. The summed E-state index contributed by atoms with van der Waals surface area (Å²) in [5.74, 6) is 2.68. The Morgan fingerprint density at radius 3 is 2.60 bits per heavy atom. The minimum Gasteiger partial charge on any atom is -0.486 e. The molecule has 3 heterocycles. The van der Waals surface area contributed by atoms with Crippen LogP contribution in [0.3, 0.4) is 0 Å². The van der Waals surface area contributed by atoms with E-state index in [1.807, 2.05) is 42.5 Å². The number of aromatic nitrogens is 1. The summed E-state index contributed by atoms with van der Waals surface area (Å²) in [6.45, 7) is 1.76. The zero-order valence-electron chi connectivity index (χ0n) is 16.2. The molecule has 0 saturated heterocycles. The zero-order chi connectivity index (χ0) is 20.3. The summed E-state index contributed by atoms with van der Waals surface area (Å²) < 4.78 is 17.5. The molecule has 2 aromatic heterocycles. The highest BCUT2D eigenvalue weighted by Crippen LogP contribution is 2.32. The second-order valence-corrected chi connectivity index (χ2v) is 7.09. The molecule has 30 heavy (non-hydrogen) atoms. The fraction of sp³-hybridized carbons (Fsp3) is 0.167. The molecular weight excluding hydrogens is 378 g/mol. The highest BCUT2D eigenvalue weighted by Gasteiger charge is 2.25. The van der Waals surface area contributed by atoms with Crippen molar-refractivity contribution in [3.63, 3.8) is 0 Å². The van der Waals surface area contributed by atoms with E-state index in [9.17, 15) is 5.26 Å². The molecule has 2 aromatic carbocycles. The lowest BCUT2D eigenvalue weighted by Crippen LogP contribution is -2.30. The standard InChI is InChI=1S/C24H19N3O3/c25-14-21-24(27-13-12-17-6-4-5-7-18(17)15-27)30-23(26-21)22-11-10-20(29-22)16-28-19-8-2-1-3-9-19/h1-11H,12-13,15-16H2. The van der Waals surface area contributed by atoms with Gasteiger partial charge in [0, 0.05) is 13.1 Å². The number of para-hydroxylation sites is 1. The first-order chi connectivity index (χ1) is 14.8. The number of anilines is 1. The van der Waals surface area contributed by atoms with Crippen LogP contribution >= 0.6 is 0 Å². The first-order valence-electron chi connectivity index (χ1n) is 9.80. The minimum absolute atomic E-state index is 0.267. The number of nitriles is 1. The van der Waals surface area contributed by atoms with Crippen molar-refractivity contribution in [2.45, 2.75) is 19.6 Å². The number of hydrogen-bond acceptors (Lipinski definition) is 6. The van der Waals surface area contributed by atoms with Crippen LogP contribution in [-0.2, 0) is 19.6 Å². The summed E-state index contributed by atoms with van der Waals surface area (Å²) in [4.78, 5) is 6.41. The Morgan fingerprint density at radius 2 is 1.77 bits per heavy atom. The van der Waals surface area contributed by atoms with Gasteiger partial charge in [0.15, 0.2) is 5.76 Å². The first kappa shape index (κ1) is 18.1. The lowest BCUT2D eigenvalue weighted by molar-refractivity contribution is 0.271. The van der Waals surface area contributed by atoms with Gasteiger partial charge in [0.25, 0.3) is 5.89 Å². The van der Waals surface area contributed by atoms with E-state index < -0.39 is 0 Å². The fourth-order valence-electron chi connectivity index (χ4n) is 3.62. The zero-order valence-corrected chi connectivity index (χ0v) is 16.2. The number of fused-ring (bicyclic) bond motifs is 1. The summed E-state index contributed by atoms with van der Waals surface area (Å²) in [5, 5.41) is 9.57. The van der Waals surface area contributed by atoms with Crippen molar-refractivity contribution in [3.05, 3.63) is 89.3 Å². The second kappa shape index (κ2) is 7.80. The molecule has 1 aliphatic heterocycles. The molecule has 6 nitrogen and oxygen atoms in total. The molecule has 0 spiro atoms. The molecule has 0 N–H and O–H groups in total. The van der Waals surface area contributed by atoms with E-state index in [2.05, 4.69) is 34.2 Å². The largest absolute Gasteiger partial charge is 0.486 e. The van der Waals surface area contributed by atoms with Gasteiger partial charge in [0.1, 0.15) is 24.2 Å². The second-order valence-electron chi connectivity index (χ2n) is 7.09. The van der Waals surface area contributed by atoms with Crippen LogP contribution in [0.5, 0.6) is 5.75 Å². The summed E-state index contributed by atoms with van der Waals surface area (Å²) in [7, 11) is 0. The number of nitrogens with zero attached hydrogens (tertiary/aromatic N) is 3. The molecular formula is C24H19N3O3. The average Bonchev–Trinajstić information content (AvgIpc) is 3.45. The van der Waals surface area contributed by atoms with Crippen LogP contribution in [0.25, 0.3) is 11.7 Å². The van der Waals surface area contributed by atoms with E-state index in [0.717, 1.165) is 18.7 Å². The van der Waals surface area contributed by atoms with Gasteiger partial charge in [-0.25, -0.2) is 0 Å². The Labute approximate surface area is 173 Å². The smallest absolute Gasteiger partial charge is 0.266 e. The summed E-state index contributed by atoms with van der Waals surface area (Å²) in [5.41, 5.74) is 2.84. The Kier molecular flexibility index (Phi) is 4.70. The van der Waals surface area contributed by atoms with Crippen molar-refractivity contribution >= 4 is 5.88 Å². The lowest BCUT2D eigenvalue weighted by atomic mass is 10.00. The van der Waals surface area contributed by atoms with E-state index >= 15 is 0 Å². The Balaban J connectivity index is 1.35. The van der Waals surface area contributed by atoms with Crippen LogP contribution < -0.4 is 9.64 Å². The minimum atomic E-state index is 0.267. The number of hydrogen-bond donors (Lipinski definition) is 0. The van der Waals surface area contributed by atoms with Crippen molar-refractivity contribution in [2.75, 3.05) is 11.4 Å². The van der Waals surface area contributed by atoms with Gasteiger partial charge in [-0.05, 0) is 41.8 Å². The third-order valence-corrected chi connectivity index (χ3v) is 5.13. The molecule has 0 radical (unpaired) electrons. The number of benzene rings is 2. The molecule has 0 aliphatic carbocycles. The topological polar surface area (TPSA) is 75.4 Å². The van der Waals surface area contributed by atoms with Gasteiger partial charge in [-0.3, -0.25) is 0 Å². The van der Waals surface area contributed by atoms with Gasteiger partial charge in [0.2, 0.25) is 11.6 Å². The van der Waals surface area contributed by atoms with Gasteiger partial charge in [-0.15, -0.1) is 0 Å². The van der Waals surface area contributed by atoms with Crippen molar-refractivity contribution in [1.29, 1.82) is 5.26 Å². The van der Waals surface area contributed by atoms with Crippen LogP contribution in [-0.4, -0.2) is 11.5 Å². The van der Waals surface area contributed by atoms with Crippen LogP contribution in [0, 0.1) is 11.3 Å². The predicted molar refractivity (Wildman–Crippen MR) is 111 cm³/mol. The molecule has 4 aromatic rings. The molecule has 148 valence electrons. The maximum Gasteiger partial charge on any atom is 0.266 e. The number of rotatable bonds is 5. The Hall–Kier alpha value is -3.98.